The summed E-state index contributed by atoms with van der Waals surface area (Å²) in [6.45, 7) is 1.90. The molecule has 2 rings (SSSR count). The molecule has 0 aliphatic heterocycles. The van der Waals surface area contributed by atoms with Gasteiger partial charge < -0.3 is 5.32 Å². The average molecular weight is 371 g/mol. The van der Waals surface area contributed by atoms with Crippen LogP contribution < -0.4 is 5.32 Å². The molecule has 0 spiro atoms. The summed E-state index contributed by atoms with van der Waals surface area (Å²) in [5.41, 5.74) is 0.610. The number of rotatable bonds is 4. The lowest BCUT2D eigenvalue weighted by molar-refractivity contribution is 0.0913. The highest BCUT2D eigenvalue weighted by Crippen LogP contribution is 2.24. The van der Waals surface area contributed by atoms with E-state index in [1.54, 1.807) is 0 Å². The lowest BCUT2D eigenvalue weighted by atomic mass is 9.94. The molecule has 5 heteroatoms. The fourth-order valence-corrected chi connectivity index (χ4v) is 2.53. The quantitative estimate of drug-likeness (QED) is 0.788. The SMILES string of the molecule is CC(CBr)(NC(=O)c1ccc(Cl)c(F)c1)c1ccccc1. The van der Waals surface area contributed by atoms with Gasteiger partial charge in [0.2, 0.25) is 0 Å². The first-order valence-electron chi connectivity index (χ1n) is 6.35. The zero-order chi connectivity index (χ0) is 15.5. The Labute approximate surface area is 136 Å². The molecule has 21 heavy (non-hydrogen) atoms. The second-order valence-electron chi connectivity index (χ2n) is 4.91. The van der Waals surface area contributed by atoms with Crippen molar-refractivity contribution in [2.75, 3.05) is 5.33 Å². The second kappa shape index (κ2) is 6.58. The summed E-state index contributed by atoms with van der Waals surface area (Å²) >= 11 is 9.05. The highest BCUT2D eigenvalue weighted by atomic mass is 79.9. The Morgan fingerprint density at radius 1 is 1.29 bits per heavy atom. The van der Waals surface area contributed by atoms with Crippen LogP contribution in [0.5, 0.6) is 0 Å². The highest BCUT2D eigenvalue weighted by molar-refractivity contribution is 9.09. The summed E-state index contributed by atoms with van der Waals surface area (Å²) in [6.07, 6.45) is 0. The van der Waals surface area contributed by atoms with E-state index in [0.717, 1.165) is 11.6 Å². The molecule has 0 aliphatic rings. The van der Waals surface area contributed by atoms with Crippen LogP contribution in [0.15, 0.2) is 48.5 Å². The number of hydrogen-bond acceptors (Lipinski definition) is 1. The third-order valence-electron chi connectivity index (χ3n) is 3.25. The summed E-state index contributed by atoms with van der Waals surface area (Å²) in [7, 11) is 0. The van der Waals surface area contributed by atoms with Crippen molar-refractivity contribution in [3.05, 3.63) is 70.5 Å². The number of nitrogens with one attached hydrogen (secondary N) is 1. The summed E-state index contributed by atoms with van der Waals surface area (Å²) in [6, 6.07) is 13.6. The van der Waals surface area contributed by atoms with Crippen LogP contribution in [0.1, 0.15) is 22.8 Å². The molecule has 2 aromatic rings. The topological polar surface area (TPSA) is 29.1 Å². The normalized spacial score (nSPS) is 13.5. The van der Waals surface area contributed by atoms with Crippen LogP contribution in [0, 0.1) is 5.82 Å². The molecule has 0 saturated carbocycles. The van der Waals surface area contributed by atoms with Gasteiger partial charge in [-0.15, -0.1) is 0 Å². The zero-order valence-corrected chi connectivity index (χ0v) is 13.7. The molecule has 0 heterocycles. The van der Waals surface area contributed by atoms with Crippen LogP contribution in [-0.2, 0) is 5.54 Å². The number of halogens is 3. The van der Waals surface area contributed by atoms with Crippen molar-refractivity contribution in [1.82, 2.24) is 5.32 Å². The number of benzene rings is 2. The minimum absolute atomic E-state index is 0.00198. The maximum absolute atomic E-state index is 13.5. The number of hydrogen-bond donors (Lipinski definition) is 1. The molecule has 2 aromatic carbocycles. The lowest BCUT2D eigenvalue weighted by Crippen LogP contribution is -2.44. The minimum atomic E-state index is -0.607. The smallest absolute Gasteiger partial charge is 0.252 e. The Balaban J connectivity index is 2.26. The van der Waals surface area contributed by atoms with Gasteiger partial charge in [-0.05, 0) is 30.7 Å². The van der Waals surface area contributed by atoms with E-state index >= 15 is 0 Å². The molecule has 0 aliphatic carbocycles. The van der Waals surface area contributed by atoms with E-state index in [0.29, 0.717) is 5.33 Å². The van der Waals surface area contributed by atoms with Crippen LogP contribution in [0.2, 0.25) is 5.02 Å². The molecule has 0 bridgehead atoms. The fraction of sp³-hybridized carbons (Fsp3) is 0.188. The molecule has 0 aromatic heterocycles. The summed E-state index contributed by atoms with van der Waals surface area (Å²) in [4.78, 5) is 12.3. The standard InChI is InChI=1S/C16H14BrClFNO/c1-16(10-17,12-5-3-2-4-6-12)20-15(21)11-7-8-13(18)14(19)9-11/h2-9H,10H2,1H3,(H,20,21). The van der Waals surface area contributed by atoms with E-state index in [1.165, 1.54) is 12.1 Å². The van der Waals surface area contributed by atoms with Crippen molar-refractivity contribution in [1.29, 1.82) is 0 Å². The Kier molecular flexibility index (Phi) is 5.01. The second-order valence-corrected chi connectivity index (χ2v) is 5.88. The average Bonchev–Trinajstić information content (AvgIpc) is 2.50. The number of carbonyl (C=O) groups is 1. The highest BCUT2D eigenvalue weighted by Gasteiger charge is 2.27. The molecule has 1 atom stereocenters. The molecule has 0 fully saturated rings. The first-order chi connectivity index (χ1) is 9.96. The molecular weight excluding hydrogens is 357 g/mol. The van der Waals surface area contributed by atoms with Crippen LogP contribution in [0.4, 0.5) is 4.39 Å². The summed E-state index contributed by atoms with van der Waals surface area (Å²) < 4.78 is 13.5. The lowest BCUT2D eigenvalue weighted by Gasteiger charge is -2.29. The van der Waals surface area contributed by atoms with Crippen molar-refractivity contribution in [3.63, 3.8) is 0 Å². The molecule has 2 nitrogen and oxygen atoms in total. The van der Waals surface area contributed by atoms with Crippen LogP contribution in [0.25, 0.3) is 0 Å². The summed E-state index contributed by atoms with van der Waals surface area (Å²) in [5.74, 6) is -0.957. The minimum Gasteiger partial charge on any atom is -0.342 e. The summed E-state index contributed by atoms with van der Waals surface area (Å²) in [5, 5.41) is 3.46. The van der Waals surface area contributed by atoms with E-state index < -0.39 is 11.4 Å². The number of amides is 1. The Morgan fingerprint density at radius 2 is 1.95 bits per heavy atom. The Hall–Kier alpha value is -1.39. The largest absolute Gasteiger partial charge is 0.342 e. The predicted octanol–water partition coefficient (Wildman–Crippen LogP) is 4.52. The predicted molar refractivity (Wildman–Crippen MR) is 86.5 cm³/mol. The zero-order valence-electron chi connectivity index (χ0n) is 11.4. The van der Waals surface area contributed by atoms with Crippen LogP contribution >= 0.6 is 27.5 Å². The molecule has 1 unspecified atom stereocenters. The van der Waals surface area contributed by atoms with E-state index in [4.69, 9.17) is 11.6 Å². The van der Waals surface area contributed by atoms with Gasteiger partial charge in [-0.2, -0.15) is 0 Å². The van der Waals surface area contributed by atoms with Crippen molar-refractivity contribution >= 4 is 33.4 Å². The van der Waals surface area contributed by atoms with Gasteiger partial charge in [0.05, 0.1) is 10.6 Å². The number of alkyl halides is 1. The van der Waals surface area contributed by atoms with Gasteiger partial charge in [0.25, 0.3) is 5.91 Å². The van der Waals surface area contributed by atoms with E-state index in [2.05, 4.69) is 21.2 Å². The maximum Gasteiger partial charge on any atom is 0.252 e. The van der Waals surface area contributed by atoms with Gasteiger partial charge >= 0.3 is 0 Å². The van der Waals surface area contributed by atoms with Crippen molar-refractivity contribution in [3.8, 4) is 0 Å². The first kappa shape index (κ1) is 16.0. The molecule has 1 amide bonds. The van der Waals surface area contributed by atoms with Gasteiger partial charge in [0.15, 0.2) is 0 Å². The molecular formula is C16H14BrClFNO. The van der Waals surface area contributed by atoms with E-state index in [9.17, 15) is 9.18 Å². The third kappa shape index (κ3) is 3.63. The Morgan fingerprint density at radius 3 is 2.52 bits per heavy atom. The van der Waals surface area contributed by atoms with Gasteiger partial charge in [-0.3, -0.25) is 4.79 Å². The van der Waals surface area contributed by atoms with Crippen molar-refractivity contribution < 1.29 is 9.18 Å². The molecule has 0 radical (unpaired) electrons. The van der Waals surface area contributed by atoms with Crippen LogP contribution in [0.3, 0.4) is 0 Å². The van der Waals surface area contributed by atoms with Gasteiger partial charge in [-0.1, -0.05) is 57.9 Å². The van der Waals surface area contributed by atoms with Gasteiger partial charge in [0, 0.05) is 10.9 Å². The molecule has 0 saturated heterocycles. The third-order valence-corrected chi connectivity index (χ3v) is 4.68. The first-order valence-corrected chi connectivity index (χ1v) is 7.85. The van der Waals surface area contributed by atoms with Crippen molar-refractivity contribution in [2.45, 2.75) is 12.5 Å². The number of carbonyl (C=O) groups excluding carboxylic acids is 1. The Bertz CT molecular complexity index is 650. The van der Waals surface area contributed by atoms with E-state index in [1.807, 2.05) is 37.3 Å². The molecule has 110 valence electrons. The van der Waals surface area contributed by atoms with Gasteiger partial charge in [-0.25, -0.2) is 4.39 Å². The van der Waals surface area contributed by atoms with Crippen LogP contribution in [-0.4, -0.2) is 11.2 Å². The molecule has 1 N–H and O–H groups in total. The fourth-order valence-electron chi connectivity index (χ4n) is 1.95. The monoisotopic (exact) mass is 369 g/mol. The maximum atomic E-state index is 13.5. The van der Waals surface area contributed by atoms with E-state index in [-0.39, 0.29) is 16.5 Å². The van der Waals surface area contributed by atoms with Crippen molar-refractivity contribution in [2.24, 2.45) is 0 Å². The van der Waals surface area contributed by atoms with Gasteiger partial charge in [0.1, 0.15) is 5.82 Å².